The number of hydrogen-bond acceptors (Lipinski definition) is 3. The van der Waals surface area contributed by atoms with Gasteiger partial charge in [0.2, 0.25) is 0 Å². The van der Waals surface area contributed by atoms with Crippen LogP contribution in [0.5, 0.6) is 0 Å². The van der Waals surface area contributed by atoms with E-state index in [0.29, 0.717) is 0 Å². The maximum atomic E-state index is 5.68. The normalized spacial score (nSPS) is 10.2. The third-order valence-corrected chi connectivity index (χ3v) is 2.16. The van der Waals surface area contributed by atoms with E-state index in [-0.39, 0.29) is 0 Å². The van der Waals surface area contributed by atoms with Gasteiger partial charge in [-0.2, -0.15) is 0 Å². The molecule has 1 aromatic rings. The summed E-state index contributed by atoms with van der Waals surface area (Å²) in [7, 11) is 0. The van der Waals surface area contributed by atoms with Gasteiger partial charge in [-0.25, -0.2) is 4.98 Å². The van der Waals surface area contributed by atoms with Gasteiger partial charge in [0.15, 0.2) is 0 Å². The van der Waals surface area contributed by atoms with Crippen LogP contribution in [-0.4, -0.2) is 4.98 Å². The van der Waals surface area contributed by atoms with Crippen LogP contribution in [0.3, 0.4) is 0 Å². The first kappa shape index (κ1) is 7.54. The highest BCUT2D eigenvalue weighted by molar-refractivity contribution is 7.15. The van der Waals surface area contributed by atoms with Gasteiger partial charge in [-0.3, -0.25) is 0 Å². The summed E-state index contributed by atoms with van der Waals surface area (Å²) in [6.07, 6.45) is 2.13. The fourth-order valence-electron chi connectivity index (χ4n) is 0.902. The zero-order chi connectivity index (χ0) is 7.56. The molecule has 1 heterocycles. The molecule has 0 saturated heterocycles. The number of rotatable bonds is 2. The Bertz CT molecular complexity index is 217. The Balaban J connectivity index is 2.81. The van der Waals surface area contributed by atoms with Crippen LogP contribution < -0.4 is 5.73 Å². The summed E-state index contributed by atoms with van der Waals surface area (Å²) in [5.74, 6) is 0. The predicted octanol–water partition coefficient (Wildman–Crippen LogP) is 1.99. The van der Waals surface area contributed by atoms with Crippen molar-refractivity contribution in [3.05, 3.63) is 10.7 Å². The van der Waals surface area contributed by atoms with Crippen LogP contribution in [0.2, 0.25) is 0 Å². The number of hydrogen-bond donors (Lipinski definition) is 1. The van der Waals surface area contributed by atoms with Crippen LogP contribution in [0, 0.1) is 6.92 Å². The minimum absolute atomic E-state index is 0.888. The number of nitrogens with zero attached hydrogens (tertiary/aromatic N) is 1. The van der Waals surface area contributed by atoms with Crippen molar-refractivity contribution in [1.82, 2.24) is 4.98 Å². The lowest BCUT2D eigenvalue weighted by atomic mass is 10.3. The average molecular weight is 156 g/mol. The van der Waals surface area contributed by atoms with Crippen molar-refractivity contribution in [2.24, 2.45) is 0 Å². The third kappa shape index (κ3) is 1.48. The highest BCUT2D eigenvalue weighted by Gasteiger charge is 2.02. The van der Waals surface area contributed by atoms with E-state index in [1.807, 2.05) is 6.92 Å². The summed E-state index contributed by atoms with van der Waals surface area (Å²) in [5.41, 5.74) is 6.76. The van der Waals surface area contributed by atoms with E-state index in [4.69, 9.17) is 5.73 Å². The molecule has 0 unspecified atom stereocenters. The first-order valence-electron chi connectivity index (χ1n) is 3.45. The molecule has 0 aliphatic rings. The molecule has 0 saturated carbocycles. The van der Waals surface area contributed by atoms with E-state index in [1.165, 1.54) is 0 Å². The van der Waals surface area contributed by atoms with Gasteiger partial charge < -0.3 is 5.73 Å². The van der Waals surface area contributed by atoms with Crippen molar-refractivity contribution in [3.63, 3.8) is 0 Å². The maximum Gasteiger partial charge on any atom is 0.109 e. The Hall–Kier alpha value is -0.570. The van der Waals surface area contributed by atoms with Gasteiger partial charge in [0.1, 0.15) is 5.00 Å². The maximum absolute atomic E-state index is 5.68. The lowest BCUT2D eigenvalue weighted by molar-refractivity contribution is 0.890. The molecule has 10 heavy (non-hydrogen) atoms. The number of aromatic nitrogens is 1. The molecule has 0 fully saturated rings. The zero-order valence-corrected chi connectivity index (χ0v) is 7.16. The Morgan fingerprint density at radius 3 is 2.70 bits per heavy atom. The number of anilines is 1. The molecule has 0 aromatic carbocycles. The second-order valence-electron chi connectivity index (χ2n) is 2.29. The van der Waals surface area contributed by atoms with Crippen LogP contribution in [-0.2, 0) is 6.42 Å². The first-order valence-corrected chi connectivity index (χ1v) is 4.27. The Morgan fingerprint density at radius 2 is 2.30 bits per heavy atom. The van der Waals surface area contributed by atoms with Crippen molar-refractivity contribution < 1.29 is 0 Å². The summed E-state index contributed by atoms with van der Waals surface area (Å²) >= 11 is 1.58. The van der Waals surface area contributed by atoms with Gasteiger partial charge in [0.25, 0.3) is 0 Å². The molecule has 1 aromatic heterocycles. The van der Waals surface area contributed by atoms with Crippen LogP contribution in [0.15, 0.2) is 0 Å². The highest BCUT2D eigenvalue weighted by atomic mass is 32.1. The molecule has 3 heteroatoms. The number of aryl methyl sites for hydroxylation is 2. The lowest BCUT2D eigenvalue weighted by Gasteiger charge is -1.90. The molecule has 0 aliphatic carbocycles. The fourth-order valence-corrected chi connectivity index (χ4v) is 1.64. The molecule has 0 radical (unpaired) electrons. The molecular formula is C7H12N2S. The molecule has 2 nitrogen and oxygen atoms in total. The molecule has 0 spiro atoms. The first-order chi connectivity index (χ1) is 4.74. The summed E-state index contributed by atoms with van der Waals surface area (Å²) in [6.45, 7) is 4.12. The second-order valence-corrected chi connectivity index (χ2v) is 3.53. The van der Waals surface area contributed by atoms with Gasteiger partial charge in [-0.05, 0) is 13.3 Å². The molecule has 0 amide bonds. The predicted molar refractivity (Wildman–Crippen MR) is 45.3 cm³/mol. The summed E-state index contributed by atoms with van der Waals surface area (Å²) in [5, 5.41) is 1.96. The molecule has 0 bridgehead atoms. The topological polar surface area (TPSA) is 38.9 Å². The van der Waals surface area contributed by atoms with Crippen molar-refractivity contribution in [1.29, 1.82) is 0 Å². The van der Waals surface area contributed by atoms with Crippen molar-refractivity contribution >= 4 is 16.3 Å². The Labute approximate surface area is 65.1 Å². The van der Waals surface area contributed by atoms with Crippen molar-refractivity contribution in [2.45, 2.75) is 26.7 Å². The van der Waals surface area contributed by atoms with E-state index in [9.17, 15) is 0 Å². The van der Waals surface area contributed by atoms with Crippen molar-refractivity contribution in [2.75, 3.05) is 5.73 Å². The monoisotopic (exact) mass is 156 g/mol. The number of thiazole rings is 1. The van der Waals surface area contributed by atoms with Crippen LogP contribution in [0.4, 0.5) is 5.00 Å². The highest BCUT2D eigenvalue weighted by Crippen LogP contribution is 2.20. The van der Waals surface area contributed by atoms with E-state index >= 15 is 0 Å². The van der Waals surface area contributed by atoms with Crippen LogP contribution in [0.1, 0.15) is 24.0 Å². The van der Waals surface area contributed by atoms with E-state index in [0.717, 1.165) is 28.5 Å². The van der Waals surface area contributed by atoms with Crippen LogP contribution in [0.25, 0.3) is 0 Å². The summed E-state index contributed by atoms with van der Waals surface area (Å²) in [4.78, 5) is 4.29. The quantitative estimate of drug-likeness (QED) is 0.711. The zero-order valence-electron chi connectivity index (χ0n) is 6.35. The Kier molecular flexibility index (Phi) is 2.27. The fraction of sp³-hybridized carbons (Fsp3) is 0.571. The van der Waals surface area contributed by atoms with Crippen LogP contribution >= 0.6 is 11.3 Å². The molecule has 0 atom stereocenters. The lowest BCUT2D eigenvalue weighted by Crippen LogP contribution is -1.89. The minimum atomic E-state index is 0.888. The smallest absolute Gasteiger partial charge is 0.109 e. The SMILES string of the molecule is CCCc1nc(C)sc1N. The number of nitrogen functional groups attached to an aromatic ring is 1. The van der Waals surface area contributed by atoms with Gasteiger partial charge in [0, 0.05) is 0 Å². The van der Waals surface area contributed by atoms with E-state index < -0.39 is 0 Å². The molecule has 1 rings (SSSR count). The van der Waals surface area contributed by atoms with Gasteiger partial charge in [-0.1, -0.05) is 13.3 Å². The third-order valence-electron chi connectivity index (χ3n) is 1.32. The van der Waals surface area contributed by atoms with E-state index in [1.54, 1.807) is 11.3 Å². The second kappa shape index (κ2) is 3.01. The molecule has 2 N–H and O–H groups in total. The van der Waals surface area contributed by atoms with Gasteiger partial charge in [-0.15, -0.1) is 11.3 Å². The van der Waals surface area contributed by atoms with Gasteiger partial charge >= 0.3 is 0 Å². The van der Waals surface area contributed by atoms with E-state index in [2.05, 4.69) is 11.9 Å². The number of nitrogens with two attached hydrogens (primary N) is 1. The largest absolute Gasteiger partial charge is 0.389 e. The van der Waals surface area contributed by atoms with Gasteiger partial charge in [0.05, 0.1) is 10.7 Å². The molecular weight excluding hydrogens is 144 g/mol. The summed E-state index contributed by atoms with van der Waals surface area (Å²) < 4.78 is 0. The average Bonchev–Trinajstić information content (AvgIpc) is 2.13. The standard InChI is InChI=1S/C7H12N2S/c1-3-4-6-7(8)10-5(2)9-6/h3-4,8H2,1-2H3. The Morgan fingerprint density at radius 1 is 1.60 bits per heavy atom. The van der Waals surface area contributed by atoms with Crippen molar-refractivity contribution in [3.8, 4) is 0 Å². The molecule has 56 valence electrons. The summed E-state index contributed by atoms with van der Waals surface area (Å²) in [6, 6.07) is 0. The molecule has 0 aliphatic heterocycles. The minimum Gasteiger partial charge on any atom is -0.389 e.